The molecule has 0 fully saturated rings. The Labute approximate surface area is 91.2 Å². The summed E-state index contributed by atoms with van der Waals surface area (Å²) in [6.45, 7) is 0.652. The summed E-state index contributed by atoms with van der Waals surface area (Å²) in [5, 5.41) is 0. The number of fused-ring (bicyclic) bond motifs is 1. The van der Waals surface area contributed by atoms with Gasteiger partial charge in [0.1, 0.15) is 5.75 Å². The molecule has 0 saturated carbocycles. The summed E-state index contributed by atoms with van der Waals surface area (Å²) in [6, 6.07) is 4.03. The van der Waals surface area contributed by atoms with E-state index in [4.69, 9.17) is 10.5 Å². The van der Waals surface area contributed by atoms with Gasteiger partial charge in [-0.25, -0.2) is 0 Å². The van der Waals surface area contributed by atoms with E-state index in [0.29, 0.717) is 25.3 Å². The van der Waals surface area contributed by atoms with Crippen molar-refractivity contribution >= 4 is 0 Å². The van der Waals surface area contributed by atoms with Gasteiger partial charge < -0.3 is 10.5 Å². The first-order chi connectivity index (χ1) is 7.54. The van der Waals surface area contributed by atoms with E-state index in [1.807, 2.05) is 0 Å². The number of hydrogen-bond acceptors (Lipinski definition) is 2. The van der Waals surface area contributed by atoms with Crippen LogP contribution in [-0.4, -0.2) is 13.2 Å². The summed E-state index contributed by atoms with van der Waals surface area (Å²) in [6.07, 6.45) is -3.81. The van der Waals surface area contributed by atoms with Crippen LogP contribution < -0.4 is 10.5 Å². The number of hydrogen-bond donors (Lipinski definition) is 1. The zero-order valence-corrected chi connectivity index (χ0v) is 8.55. The Balaban J connectivity index is 2.45. The molecule has 2 nitrogen and oxygen atoms in total. The maximum Gasteiger partial charge on any atom is 0.416 e. The summed E-state index contributed by atoms with van der Waals surface area (Å²) in [5.74, 6) is 0.103. The molecule has 1 aliphatic heterocycles. The minimum atomic E-state index is -4.33. The van der Waals surface area contributed by atoms with Crippen LogP contribution in [0.15, 0.2) is 18.2 Å². The molecule has 0 amide bonds. The lowest BCUT2D eigenvalue weighted by Gasteiger charge is -2.14. The lowest BCUT2D eigenvalue weighted by molar-refractivity contribution is -0.138. The van der Waals surface area contributed by atoms with Gasteiger partial charge >= 0.3 is 6.18 Å². The van der Waals surface area contributed by atoms with Crippen LogP contribution in [0.3, 0.4) is 0 Å². The average molecular weight is 231 g/mol. The van der Waals surface area contributed by atoms with Crippen LogP contribution >= 0.6 is 0 Å². The highest BCUT2D eigenvalue weighted by Gasteiger charge is 2.38. The minimum absolute atomic E-state index is 0.238. The molecule has 1 aromatic rings. The second-order valence-corrected chi connectivity index (χ2v) is 3.80. The Hall–Kier alpha value is -1.23. The fraction of sp³-hybridized carbons (Fsp3) is 0.455. The maximum atomic E-state index is 12.8. The van der Waals surface area contributed by atoms with E-state index in [-0.39, 0.29) is 11.5 Å². The molecule has 0 bridgehead atoms. The van der Waals surface area contributed by atoms with Gasteiger partial charge in [0, 0.05) is 11.5 Å². The van der Waals surface area contributed by atoms with Crippen LogP contribution in [0, 0.1) is 0 Å². The van der Waals surface area contributed by atoms with Crippen LogP contribution in [-0.2, 0) is 6.18 Å². The first-order valence-electron chi connectivity index (χ1n) is 5.07. The van der Waals surface area contributed by atoms with Gasteiger partial charge in [-0.05, 0) is 25.1 Å². The predicted octanol–water partition coefficient (Wildman–Crippen LogP) is 2.53. The lowest BCUT2D eigenvalue weighted by atomic mass is 9.93. The predicted molar refractivity (Wildman–Crippen MR) is 53.4 cm³/mol. The molecule has 1 aromatic carbocycles. The SMILES string of the molecule is NCCC1COc2cccc(C(F)(F)F)c21. The molecule has 2 rings (SSSR count). The van der Waals surface area contributed by atoms with Crippen LogP contribution in [0.2, 0.25) is 0 Å². The Morgan fingerprint density at radius 2 is 2.12 bits per heavy atom. The minimum Gasteiger partial charge on any atom is -0.493 e. The molecule has 0 aliphatic carbocycles. The van der Waals surface area contributed by atoms with E-state index < -0.39 is 11.7 Å². The summed E-state index contributed by atoms with van der Waals surface area (Å²) >= 11 is 0. The van der Waals surface area contributed by atoms with Gasteiger partial charge in [-0.15, -0.1) is 0 Å². The molecule has 0 radical (unpaired) electrons. The third-order valence-electron chi connectivity index (χ3n) is 2.73. The molecule has 1 heterocycles. The molecule has 88 valence electrons. The van der Waals surface area contributed by atoms with E-state index in [2.05, 4.69) is 0 Å². The van der Waals surface area contributed by atoms with Gasteiger partial charge in [0.05, 0.1) is 12.2 Å². The van der Waals surface area contributed by atoms with Crippen molar-refractivity contribution in [1.29, 1.82) is 0 Å². The Bertz CT molecular complexity index is 387. The van der Waals surface area contributed by atoms with Crippen molar-refractivity contribution in [3.05, 3.63) is 29.3 Å². The molecule has 1 unspecified atom stereocenters. The van der Waals surface area contributed by atoms with Crippen molar-refractivity contribution in [3.8, 4) is 5.75 Å². The quantitative estimate of drug-likeness (QED) is 0.848. The zero-order valence-electron chi connectivity index (χ0n) is 8.55. The number of halogens is 3. The van der Waals surface area contributed by atoms with E-state index in [9.17, 15) is 13.2 Å². The van der Waals surface area contributed by atoms with Crippen molar-refractivity contribution in [2.75, 3.05) is 13.2 Å². The number of ether oxygens (including phenoxy) is 1. The summed E-state index contributed by atoms with van der Waals surface area (Å²) in [4.78, 5) is 0. The number of nitrogens with two attached hydrogens (primary N) is 1. The van der Waals surface area contributed by atoms with E-state index in [1.165, 1.54) is 6.07 Å². The molecule has 5 heteroatoms. The number of rotatable bonds is 2. The van der Waals surface area contributed by atoms with E-state index in [1.54, 1.807) is 6.07 Å². The molecule has 1 atom stereocenters. The van der Waals surface area contributed by atoms with Crippen molar-refractivity contribution in [2.45, 2.75) is 18.5 Å². The van der Waals surface area contributed by atoms with Crippen molar-refractivity contribution in [1.82, 2.24) is 0 Å². The molecule has 0 spiro atoms. The maximum absolute atomic E-state index is 12.8. The van der Waals surface area contributed by atoms with E-state index in [0.717, 1.165) is 6.07 Å². The molecule has 2 N–H and O–H groups in total. The summed E-state index contributed by atoms with van der Waals surface area (Å²) in [5.41, 5.74) is 5.06. The van der Waals surface area contributed by atoms with Crippen LogP contribution in [0.1, 0.15) is 23.5 Å². The van der Waals surface area contributed by atoms with Gasteiger partial charge in [0.2, 0.25) is 0 Å². The van der Waals surface area contributed by atoms with Crippen molar-refractivity contribution in [2.24, 2.45) is 5.73 Å². The van der Waals surface area contributed by atoms with Crippen molar-refractivity contribution < 1.29 is 17.9 Å². The molecular formula is C11H12F3NO. The topological polar surface area (TPSA) is 35.2 Å². The molecule has 16 heavy (non-hydrogen) atoms. The highest BCUT2D eigenvalue weighted by atomic mass is 19.4. The molecular weight excluding hydrogens is 219 g/mol. The normalized spacial score (nSPS) is 19.4. The van der Waals surface area contributed by atoms with Crippen LogP contribution in [0.25, 0.3) is 0 Å². The third kappa shape index (κ3) is 1.87. The van der Waals surface area contributed by atoms with Crippen LogP contribution in [0.5, 0.6) is 5.75 Å². The highest BCUT2D eigenvalue weighted by Crippen LogP contribution is 2.44. The average Bonchev–Trinajstić information content (AvgIpc) is 2.61. The fourth-order valence-corrected chi connectivity index (χ4v) is 2.04. The first-order valence-corrected chi connectivity index (χ1v) is 5.07. The van der Waals surface area contributed by atoms with Gasteiger partial charge in [-0.2, -0.15) is 13.2 Å². The van der Waals surface area contributed by atoms with Gasteiger partial charge in [0.15, 0.2) is 0 Å². The molecule has 0 aromatic heterocycles. The summed E-state index contributed by atoms with van der Waals surface area (Å²) in [7, 11) is 0. The van der Waals surface area contributed by atoms with E-state index >= 15 is 0 Å². The third-order valence-corrected chi connectivity index (χ3v) is 2.73. The smallest absolute Gasteiger partial charge is 0.416 e. The Morgan fingerprint density at radius 1 is 1.38 bits per heavy atom. The number of benzene rings is 1. The second kappa shape index (κ2) is 3.97. The zero-order chi connectivity index (χ0) is 11.8. The van der Waals surface area contributed by atoms with Gasteiger partial charge in [-0.1, -0.05) is 6.07 Å². The monoisotopic (exact) mass is 231 g/mol. The summed E-state index contributed by atoms with van der Waals surface area (Å²) < 4.78 is 43.6. The van der Waals surface area contributed by atoms with Crippen molar-refractivity contribution in [3.63, 3.8) is 0 Å². The van der Waals surface area contributed by atoms with Crippen LogP contribution in [0.4, 0.5) is 13.2 Å². The Morgan fingerprint density at radius 3 is 2.75 bits per heavy atom. The first kappa shape index (κ1) is 11.3. The molecule has 0 saturated heterocycles. The second-order valence-electron chi connectivity index (χ2n) is 3.80. The lowest BCUT2D eigenvalue weighted by Crippen LogP contribution is -2.13. The largest absolute Gasteiger partial charge is 0.493 e. The standard InChI is InChI=1S/C11H12F3NO/c12-11(13,14)8-2-1-3-9-10(8)7(4-5-15)6-16-9/h1-3,7H,4-6,15H2. The molecule has 1 aliphatic rings. The van der Waals surface area contributed by atoms with Gasteiger partial charge in [-0.3, -0.25) is 0 Å². The van der Waals surface area contributed by atoms with Gasteiger partial charge in [0.25, 0.3) is 0 Å². The highest BCUT2D eigenvalue weighted by molar-refractivity contribution is 5.47. The Kier molecular flexibility index (Phi) is 2.80. The fourth-order valence-electron chi connectivity index (χ4n) is 2.04. The number of alkyl halides is 3.